The Kier molecular flexibility index (Phi) is 5.08. The first-order valence-electron chi connectivity index (χ1n) is 8.19. The van der Waals surface area contributed by atoms with Gasteiger partial charge in [0.25, 0.3) is 5.91 Å². The quantitative estimate of drug-likeness (QED) is 0.735. The molecule has 2 amide bonds. The molecule has 1 aromatic heterocycles. The molecule has 5 heteroatoms. The van der Waals surface area contributed by atoms with Gasteiger partial charge >= 0.3 is 0 Å². The molecule has 130 valence electrons. The molecule has 3 rings (SSSR count). The summed E-state index contributed by atoms with van der Waals surface area (Å²) < 4.78 is 0. The predicted molar refractivity (Wildman–Crippen MR) is 104 cm³/mol. The van der Waals surface area contributed by atoms with E-state index in [0.717, 1.165) is 16.5 Å². The van der Waals surface area contributed by atoms with E-state index in [1.54, 1.807) is 50.6 Å². The van der Waals surface area contributed by atoms with Crippen LogP contribution in [0, 0.1) is 0 Å². The minimum atomic E-state index is -0.271. The van der Waals surface area contributed by atoms with Crippen molar-refractivity contribution in [1.82, 2.24) is 9.88 Å². The summed E-state index contributed by atoms with van der Waals surface area (Å²) in [7, 11) is 3.38. The van der Waals surface area contributed by atoms with Gasteiger partial charge < -0.3 is 10.2 Å². The Balaban J connectivity index is 1.76. The van der Waals surface area contributed by atoms with Crippen molar-refractivity contribution in [1.29, 1.82) is 0 Å². The molecule has 0 bridgehead atoms. The average molecular weight is 345 g/mol. The highest BCUT2D eigenvalue weighted by Crippen LogP contribution is 2.17. The highest BCUT2D eigenvalue weighted by atomic mass is 16.2. The topological polar surface area (TPSA) is 62.3 Å². The molecule has 0 radical (unpaired) electrons. The Morgan fingerprint density at radius 1 is 1.04 bits per heavy atom. The third kappa shape index (κ3) is 3.95. The van der Waals surface area contributed by atoms with E-state index in [2.05, 4.69) is 10.3 Å². The van der Waals surface area contributed by atoms with Crippen LogP contribution >= 0.6 is 0 Å². The molecule has 0 spiro atoms. The van der Waals surface area contributed by atoms with Crippen LogP contribution in [0.4, 0.5) is 5.69 Å². The molecule has 0 fully saturated rings. The van der Waals surface area contributed by atoms with Gasteiger partial charge in [0.15, 0.2) is 0 Å². The zero-order chi connectivity index (χ0) is 18.5. The number of anilines is 1. The lowest BCUT2D eigenvalue weighted by molar-refractivity contribution is -0.111. The van der Waals surface area contributed by atoms with Gasteiger partial charge in [-0.3, -0.25) is 14.6 Å². The number of hydrogen-bond donors (Lipinski definition) is 1. The fourth-order valence-electron chi connectivity index (χ4n) is 2.60. The predicted octanol–water partition coefficient (Wildman–Crippen LogP) is 3.59. The van der Waals surface area contributed by atoms with Crippen LogP contribution in [0.25, 0.3) is 17.0 Å². The molecule has 26 heavy (non-hydrogen) atoms. The van der Waals surface area contributed by atoms with Crippen LogP contribution in [0.3, 0.4) is 0 Å². The smallest absolute Gasteiger partial charge is 0.253 e. The number of fused-ring (bicyclic) bond motifs is 1. The Labute approximate surface area is 152 Å². The van der Waals surface area contributed by atoms with Crippen molar-refractivity contribution in [2.24, 2.45) is 0 Å². The molecule has 1 heterocycles. The van der Waals surface area contributed by atoms with E-state index in [0.29, 0.717) is 11.3 Å². The number of benzene rings is 2. The lowest BCUT2D eigenvalue weighted by Crippen LogP contribution is -2.21. The van der Waals surface area contributed by atoms with Gasteiger partial charge in [0, 0.05) is 48.6 Å². The number of rotatable bonds is 4. The highest BCUT2D eigenvalue weighted by Gasteiger charge is 2.08. The minimum Gasteiger partial charge on any atom is -0.345 e. The molecule has 2 aromatic carbocycles. The number of nitrogens with one attached hydrogen (secondary N) is 1. The van der Waals surface area contributed by atoms with E-state index >= 15 is 0 Å². The highest BCUT2D eigenvalue weighted by molar-refractivity contribution is 6.04. The van der Waals surface area contributed by atoms with E-state index in [1.807, 2.05) is 30.3 Å². The lowest BCUT2D eigenvalue weighted by atomic mass is 10.1. The number of amides is 2. The molecule has 5 nitrogen and oxygen atoms in total. The average Bonchev–Trinajstić information content (AvgIpc) is 2.65. The van der Waals surface area contributed by atoms with Crippen LogP contribution in [0.1, 0.15) is 15.9 Å². The van der Waals surface area contributed by atoms with Gasteiger partial charge in [0.2, 0.25) is 5.91 Å². The summed E-state index contributed by atoms with van der Waals surface area (Å²) in [6.45, 7) is 0. The SMILES string of the molecule is CN(C)C(=O)c1cccc(NC(=O)/C=C/c2cccc3cccnc23)c1. The number of para-hydroxylation sites is 1. The second-order valence-corrected chi connectivity index (χ2v) is 6.03. The largest absolute Gasteiger partial charge is 0.345 e. The second kappa shape index (κ2) is 7.61. The van der Waals surface area contributed by atoms with Gasteiger partial charge in [-0.15, -0.1) is 0 Å². The number of pyridine rings is 1. The molecule has 0 aliphatic heterocycles. The molecule has 1 N–H and O–H groups in total. The summed E-state index contributed by atoms with van der Waals surface area (Å²) in [6.07, 6.45) is 4.93. The van der Waals surface area contributed by atoms with Crippen LogP contribution in [0.2, 0.25) is 0 Å². The molecule has 3 aromatic rings. The van der Waals surface area contributed by atoms with E-state index in [-0.39, 0.29) is 11.8 Å². The van der Waals surface area contributed by atoms with E-state index in [1.165, 1.54) is 11.0 Å². The molecule has 0 aliphatic carbocycles. The first kappa shape index (κ1) is 17.4. The van der Waals surface area contributed by atoms with Gasteiger partial charge in [-0.05, 0) is 30.3 Å². The minimum absolute atomic E-state index is 0.113. The molecular formula is C21H19N3O2. The van der Waals surface area contributed by atoms with Gasteiger partial charge in [0.05, 0.1) is 5.52 Å². The summed E-state index contributed by atoms with van der Waals surface area (Å²) in [5.74, 6) is -0.383. The molecule has 0 unspecified atom stereocenters. The molecule has 0 saturated heterocycles. The van der Waals surface area contributed by atoms with Crippen molar-refractivity contribution < 1.29 is 9.59 Å². The maximum Gasteiger partial charge on any atom is 0.253 e. The summed E-state index contributed by atoms with van der Waals surface area (Å²) in [4.78, 5) is 30.1. The van der Waals surface area contributed by atoms with Crippen molar-refractivity contribution in [2.75, 3.05) is 19.4 Å². The number of carbonyl (C=O) groups excluding carboxylic acids is 2. The van der Waals surface area contributed by atoms with Gasteiger partial charge in [-0.2, -0.15) is 0 Å². The summed E-state index contributed by atoms with van der Waals surface area (Å²) >= 11 is 0. The van der Waals surface area contributed by atoms with E-state index in [9.17, 15) is 9.59 Å². The molecule has 0 atom stereocenters. The zero-order valence-electron chi connectivity index (χ0n) is 14.6. The van der Waals surface area contributed by atoms with Crippen molar-refractivity contribution in [3.8, 4) is 0 Å². The van der Waals surface area contributed by atoms with Gasteiger partial charge in [-0.25, -0.2) is 0 Å². The first-order chi connectivity index (χ1) is 12.5. The number of carbonyl (C=O) groups is 2. The number of aromatic nitrogens is 1. The fraction of sp³-hybridized carbons (Fsp3) is 0.0952. The Hall–Kier alpha value is -3.47. The van der Waals surface area contributed by atoms with Crippen LogP contribution in [0.15, 0.2) is 66.9 Å². The summed E-state index contributed by atoms with van der Waals surface area (Å²) in [5.41, 5.74) is 2.81. The zero-order valence-corrected chi connectivity index (χ0v) is 14.6. The van der Waals surface area contributed by atoms with E-state index < -0.39 is 0 Å². The normalized spacial score (nSPS) is 10.8. The Morgan fingerprint density at radius 2 is 1.81 bits per heavy atom. The van der Waals surface area contributed by atoms with Crippen molar-refractivity contribution in [3.63, 3.8) is 0 Å². The molecule has 0 aliphatic rings. The summed E-state index contributed by atoms with van der Waals surface area (Å²) in [6, 6.07) is 16.5. The maximum absolute atomic E-state index is 12.2. The van der Waals surface area contributed by atoms with Crippen LogP contribution in [0.5, 0.6) is 0 Å². The number of hydrogen-bond acceptors (Lipinski definition) is 3. The third-order valence-electron chi connectivity index (χ3n) is 3.86. The van der Waals surface area contributed by atoms with Crippen LogP contribution in [-0.2, 0) is 4.79 Å². The fourth-order valence-corrected chi connectivity index (χ4v) is 2.60. The van der Waals surface area contributed by atoms with Gasteiger partial charge in [-0.1, -0.05) is 30.3 Å². The standard InChI is InChI=1S/C21H19N3O2/c1-24(2)21(26)17-8-4-10-18(14-17)23-19(25)12-11-16-7-3-6-15-9-5-13-22-20(15)16/h3-14H,1-2H3,(H,23,25)/b12-11+. The Bertz CT molecular complexity index is 988. The van der Waals surface area contributed by atoms with Crippen LogP contribution in [-0.4, -0.2) is 35.8 Å². The molecular weight excluding hydrogens is 326 g/mol. The van der Waals surface area contributed by atoms with E-state index in [4.69, 9.17) is 0 Å². The monoisotopic (exact) mass is 345 g/mol. The van der Waals surface area contributed by atoms with Crippen molar-refractivity contribution >= 4 is 34.5 Å². The Morgan fingerprint density at radius 3 is 2.62 bits per heavy atom. The second-order valence-electron chi connectivity index (χ2n) is 6.03. The van der Waals surface area contributed by atoms with Crippen molar-refractivity contribution in [3.05, 3.63) is 78.0 Å². The van der Waals surface area contributed by atoms with Gasteiger partial charge in [0.1, 0.15) is 0 Å². The first-order valence-corrected chi connectivity index (χ1v) is 8.19. The number of nitrogens with zero attached hydrogens (tertiary/aromatic N) is 2. The van der Waals surface area contributed by atoms with Crippen LogP contribution < -0.4 is 5.32 Å². The summed E-state index contributed by atoms with van der Waals surface area (Å²) in [5, 5.41) is 3.80. The lowest BCUT2D eigenvalue weighted by Gasteiger charge is -2.11. The maximum atomic E-state index is 12.2. The third-order valence-corrected chi connectivity index (χ3v) is 3.86. The van der Waals surface area contributed by atoms with Crippen molar-refractivity contribution in [2.45, 2.75) is 0 Å². The molecule has 0 saturated carbocycles.